The molecule has 0 radical (unpaired) electrons. The maximum absolute atomic E-state index is 12.3. The normalized spacial score (nSPS) is 20.9. The number of carbonyl (C=O) groups is 2. The van der Waals surface area contributed by atoms with Gasteiger partial charge in [0.2, 0.25) is 0 Å². The number of hydrogen-bond donors (Lipinski definition) is 2. The number of hydrogen-bond acceptors (Lipinski definition) is 5. The van der Waals surface area contributed by atoms with E-state index in [2.05, 4.69) is 20.4 Å². The van der Waals surface area contributed by atoms with E-state index in [0.717, 1.165) is 36.9 Å². The van der Waals surface area contributed by atoms with Gasteiger partial charge in [0.15, 0.2) is 0 Å². The molecule has 1 saturated heterocycles. The minimum atomic E-state index is -0.387. The van der Waals surface area contributed by atoms with Gasteiger partial charge < -0.3 is 20.3 Å². The molecule has 1 atom stereocenters. The molecule has 2 aliphatic heterocycles. The molecule has 27 heavy (non-hydrogen) atoms. The summed E-state index contributed by atoms with van der Waals surface area (Å²) in [6, 6.07) is 7.15. The Morgan fingerprint density at radius 1 is 1.26 bits per heavy atom. The van der Waals surface area contributed by atoms with Crippen LogP contribution >= 0.6 is 11.6 Å². The Kier molecular flexibility index (Phi) is 6.23. The van der Waals surface area contributed by atoms with Crippen LogP contribution in [-0.4, -0.2) is 62.3 Å². The largest absolute Gasteiger partial charge is 0.463 e. The Labute approximate surface area is 164 Å². The molecule has 0 saturated carbocycles. The molecule has 1 aromatic rings. The number of nitrogens with zero attached hydrogens (tertiary/aromatic N) is 2. The Balaban J connectivity index is 1.69. The van der Waals surface area contributed by atoms with Crippen molar-refractivity contribution in [2.24, 2.45) is 0 Å². The number of carbonyl (C=O) groups excluding carboxylic acids is 2. The average Bonchev–Trinajstić information content (AvgIpc) is 2.62. The maximum atomic E-state index is 12.3. The van der Waals surface area contributed by atoms with Crippen molar-refractivity contribution in [2.75, 3.05) is 44.2 Å². The molecule has 0 spiro atoms. The molecule has 2 amide bonds. The van der Waals surface area contributed by atoms with Crippen LogP contribution in [0.3, 0.4) is 0 Å². The van der Waals surface area contributed by atoms with Crippen molar-refractivity contribution in [3.63, 3.8) is 0 Å². The number of anilines is 1. The van der Waals surface area contributed by atoms with E-state index >= 15 is 0 Å². The van der Waals surface area contributed by atoms with Crippen molar-refractivity contribution in [1.82, 2.24) is 15.5 Å². The summed E-state index contributed by atoms with van der Waals surface area (Å²) in [5.74, 6) is -0.387. The number of amides is 2. The molecule has 2 N–H and O–H groups in total. The van der Waals surface area contributed by atoms with Crippen LogP contribution in [0.5, 0.6) is 0 Å². The lowest BCUT2D eigenvalue weighted by Crippen LogP contribution is -2.53. The second-order valence-corrected chi connectivity index (χ2v) is 7.05. The smallest absolute Gasteiger partial charge is 0.337 e. The fourth-order valence-corrected chi connectivity index (χ4v) is 3.74. The van der Waals surface area contributed by atoms with Gasteiger partial charge in [0.1, 0.15) is 0 Å². The Morgan fingerprint density at radius 3 is 2.63 bits per heavy atom. The van der Waals surface area contributed by atoms with Crippen LogP contribution in [-0.2, 0) is 9.53 Å². The molecule has 1 aromatic carbocycles. The van der Waals surface area contributed by atoms with Crippen LogP contribution < -0.4 is 15.5 Å². The fraction of sp³-hybridized carbons (Fsp3) is 0.474. The maximum Gasteiger partial charge on any atom is 0.337 e. The number of benzene rings is 1. The van der Waals surface area contributed by atoms with Crippen molar-refractivity contribution in [3.05, 3.63) is 40.6 Å². The molecular formula is C19H25ClN4O3. The highest BCUT2D eigenvalue weighted by molar-refractivity contribution is 6.33. The fourth-order valence-electron chi connectivity index (χ4n) is 3.48. The van der Waals surface area contributed by atoms with Crippen molar-refractivity contribution in [2.45, 2.75) is 19.9 Å². The molecule has 0 bridgehead atoms. The highest BCUT2D eigenvalue weighted by Gasteiger charge is 2.31. The summed E-state index contributed by atoms with van der Waals surface area (Å²) in [6.45, 7) is 7.63. The first-order valence-electron chi connectivity index (χ1n) is 9.19. The lowest BCUT2D eigenvalue weighted by Gasteiger charge is -2.38. The summed E-state index contributed by atoms with van der Waals surface area (Å²) in [7, 11) is 0. The zero-order chi connectivity index (χ0) is 19.4. The number of esters is 1. The molecule has 146 valence electrons. The van der Waals surface area contributed by atoms with Crippen molar-refractivity contribution >= 4 is 29.3 Å². The molecule has 1 fully saturated rings. The van der Waals surface area contributed by atoms with E-state index in [0.29, 0.717) is 24.4 Å². The molecule has 2 aliphatic rings. The van der Waals surface area contributed by atoms with Crippen LogP contribution in [0.25, 0.3) is 0 Å². The SMILES string of the molecule is CCOC(=O)C1=C(CN2CCN(c3ccccc3Cl)CC2)NC(=O)NC1C. The molecule has 8 heteroatoms. The predicted octanol–water partition coefficient (Wildman–Crippen LogP) is 1.98. The summed E-state index contributed by atoms with van der Waals surface area (Å²) < 4.78 is 5.16. The third-order valence-electron chi connectivity index (χ3n) is 4.81. The summed E-state index contributed by atoms with van der Waals surface area (Å²) in [6.07, 6.45) is 0. The van der Waals surface area contributed by atoms with E-state index < -0.39 is 0 Å². The van der Waals surface area contributed by atoms with E-state index in [1.165, 1.54) is 0 Å². The van der Waals surface area contributed by atoms with E-state index in [1.807, 2.05) is 24.3 Å². The topological polar surface area (TPSA) is 73.9 Å². The molecule has 2 heterocycles. The number of rotatable bonds is 5. The number of halogens is 1. The van der Waals surface area contributed by atoms with Crippen LogP contribution in [0.2, 0.25) is 5.02 Å². The highest BCUT2D eigenvalue weighted by atomic mass is 35.5. The summed E-state index contributed by atoms with van der Waals surface area (Å²) >= 11 is 6.30. The van der Waals surface area contributed by atoms with Gasteiger partial charge in [-0.15, -0.1) is 0 Å². The number of para-hydroxylation sites is 1. The molecule has 3 rings (SSSR count). The zero-order valence-corrected chi connectivity index (χ0v) is 16.4. The Bertz CT molecular complexity index is 744. The van der Waals surface area contributed by atoms with E-state index in [4.69, 9.17) is 16.3 Å². The average molecular weight is 393 g/mol. The predicted molar refractivity (Wildman–Crippen MR) is 105 cm³/mol. The Hall–Kier alpha value is -2.25. The second kappa shape index (κ2) is 8.63. The zero-order valence-electron chi connectivity index (χ0n) is 15.6. The third-order valence-corrected chi connectivity index (χ3v) is 5.13. The number of urea groups is 1. The molecule has 0 aliphatic carbocycles. The first kappa shape index (κ1) is 19.5. The quantitative estimate of drug-likeness (QED) is 0.749. The van der Waals surface area contributed by atoms with E-state index in [1.54, 1.807) is 13.8 Å². The van der Waals surface area contributed by atoms with Crippen LogP contribution in [0, 0.1) is 0 Å². The van der Waals surface area contributed by atoms with Gasteiger partial charge in [-0.1, -0.05) is 23.7 Å². The van der Waals surface area contributed by atoms with Gasteiger partial charge in [-0.05, 0) is 26.0 Å². The van der Waals surface area contributed by atoms with E-state index in [-0.39, 0.29) is 18.0 Å². The number of nitrogens with one attached hydrogen (secondary N) is 2. The first-order chi connectivity index (χ1) is 13.0. The van der Waals surface area contributed by atoms with Crippen molar-refractivity contribution < 1.29 is 14.3 Å². The number of ether oxygens (including phenoxy) is 1. The highest BCUT2D eigenvalue weighted by Crippen LogP contribution is 2.26. The van der Waals surface area contributed by atoms with Crippen LogP contribution in [0.4, 0.5) is 10.5 Å². The van der Waals surface area contributed by atoms with Gasteiger partial charge >= 0.3 is 12.0 Å². The van der Waals surface area contributed by atoms with Gasteiger partial charge in [-0.25, -0.2) is 9.59 Å². The van der Waals surface area contributed by atoms with Crippen molar-refractivity contribution in [1.29, 1.82) is 0 Å². The minimum absolute atomic E-state index is 0.291. The molecular weight excluding hydrogens is 368 g/mol. The summed E-state index contributed by atoms with van der Waals surface area (Å²) in [5, 5.41) is 6.26. The minimum Gasteiger partial charge on any atom is -0.463 e. The summed E-state index contributed by atoms with van der Waals surface area (Å²) in [4.78, 5) is 28.7. The van der Waals surface area contributed by atoms with Crippen molar-refractivity contribution in [3.8, 4) is 0 Å². The second-order valence-electron chi connectivity index (χ2n) is 6.65. The van der Waals surface area contributed by atoms with Gasteiger partial charge in [0.05, 0.1) is 28.9 Å². The summed E-state index contributed by atoms with van der Waals surface area (Å²) in [5.41, 5.74) is 2.15. The number of piperazine rings is 1. The molecule has 7 nitrogen and oxygen atoms in total. The monoisotopic (exact) mass is 392 g/mol. The van der Waals surface area contributed by atoms with Gasteiger partial charge in [0.25, 0.3) is 0 Å². The Morgan fingerprint density at radius 2 is 1.96 bits per heavy atom. The molecule has 0 aromatic heterocycles. The third kappa shape index (κ3) is 4.54. The van der Waals surface area contributed by atoms with Gasteiger partial charge in [-0.2, -0.15) is 0 Å². The lowest BCUT2D eigenvalue weighted by molar-refractivity contribution is -0.139. The standard InChI is InChI=1S/C19H25ClN4O3/c1-3-27-18(25)17-13(2)21-19(26)22-15(17)12-23-8-10-24(11-9-23)16-7-5-4-6-14(16)20/h4-7,13H,3,8-12H2,1-2H3,(H2,21,22,26). The van der Waals surface area contributed by atoms with Crippen LogP contribution in [0.1, 0.15) is 13.8 Å². The van der Waals surface area contributed by atoms with E-state index in [9.17, 15) is 9.59 Å². The van der Waals surface area contributed by atoms with Gasteiger partial charge in [0, 0.05) is 38.4 Å². The lowest BCUT2D eigenvalue weighted by atomic mass is 10.0. The molecule has 1 unspecified atom stereocenters. The van der Waals surface area contributed by atoms with Crippen LogP contribution in [0.15, 0.2) is 35.5 Å². The first-order valence-corrected chi connectivity index (χ1v) is 9.57. The van der Waals surface area contributed by atoms with Gasteiger partial charge in [-0.3, -0.25) is 4.90 Å².